The zero-order valence-corrected chi connectivity index (χ0v) is 8.34. The molecule has 1 nitrogen and oxygen atoms in total. The maximum absolute atomic E-state index is 9.02. The summed E-state index contributed by atoms with van der Waals surface area (Å²) in [5.41, 5.74) is 2.38. The van der Waals surface area contributed by atoms with Gasteiger partial charge in [0.25, 0.3) is 0 Å². The van der Waals surface area contributed by atoms with Crippen LogP contribution in [0.4, 0.5) is 0 Å². The van der Waals surface area contributed by atoms with Gasteiger partial charge in [0, 0.05) is 4.47 Å². The molecule has 0 aliphatic heterocycles. The molecule has 0 unspecified atom stereocenters. The molecule has 1 fully saturated rings. The summed E-state index contributed by atoms with van der Waals surface area (Å²) in [6.07, 6.45) is 2.62. The lowest BCUT2D eigenvalue weighted by atomic mass is 10.1. The van der Waals surface area contributed by atoms with E-state index >= 15 is 0 Å². The number of aliphatic hydroxyl groups excluding tert-OH is 1. The Morgan fingerprint density at radius 1 is 1.42 bits per heavy atom. The predicted octanol–water partition coefficient (Wildman–Crippen LogP) is 2.82. The lowest BCUT2D eigenvalue weighted by molar-refractivity contribution is 0.281. The van der Waals surface area contributed by atoms with Gasteiger partial charge in [0.1, 0.15) is 0 Å². The van der Waals surface area contributed by atoms with Gasteiger partial charge in [-0.2, -0.15) is 0 Å². The van der Waals surface area contributed by atoms with E-state index < -0.39 is 0 Å². The fraction of sp³-hybridized carbons (Fsp3) is 0.400. The highest BCUT2D eigenvalue weighted by Gasteiger charge is 2.23. The minimum Gasteiger partial charge on any atom is -0.392 e. The first kappa shape index (κ1) is 8.27. The van der Waals surface area contributed by atoms with E-state index in [1.54, 1.807) is 0 Å². The van der Waals surface area contributed by atoms with Crippen LogP contribution in [-0.4, -0.2) is 5.11 Å². The van der Waals surface area contributed by atoms with Gasteiger partial charge in [0.2, 0.25) is 0 Å². The zero-order chi connectivity index (χ0) is 8.55. The standard InChI is InChI=1S/C10H11BrO/c11-10-4-3-8(7-1-2-7)5-9(10)6-12/h3-5,7,12H,1-2,6H2. The van der Waals surface area contributed by atoms with Gasteiger partial charge in [-0.25, -0.2) is 0 Å². The molecule has 1 aliphatic carbocycles. The average molecular weight is 227 g/mol. The van der Waals surface area contributed by atoms with Crippen molar-refractivity contribution in [2.75, 3.05) is 0 Å². The van der Waals surface area contributed by atoms with Crippen molar-refractivity contribution >= 4 is 15.9 Å². The second kappa shape index (κ2) is 3.19. The highest BCUT2D eigenvalue weighted by atomic mass is 79.9. The van der Waals surface area contributed by atoms with Gasteiger partial charge in [-0.3, -0.25) is 0 Å². The molecule has 1 aromatic carbocycles. The fourth-order valence-corrected chi connectivity index (χ4v) is 1.76. The Hall–Kier alpha value is -0.340. The lowest BCUT2D eigenvalue weighted by Crippen LogP contribution is -1.88. The smallest absolute Gasteiger partial charge is 0.0692 e. The van der Waals surface area contributed by atoms with Crippen LogP contribution in [0.25, 0.3) is 0 Å². The van der Waals surface area contributed by atoms with Crippen LogP contribution in [0.5, 0.6) is 0 Å². The fourth-order valence-electron chi connectivity index (χ4n) is 1.39. The molecule has 0 heterocycles. The predicted molar refractivity (Wildman–Crippen MR) is 52.0 cm³/mol. The van der Waals surface area contributed by atoms with Crippen LogP contribution in [0.3, 0.4) is 0 Å². The molecular formula is C10H11BrO. The van der Waals surface area contributed by atoms with Crippen LogP contribution in [-0.2, 0) is 6.61 Å². The van der Waals surface area contributed by atoms with Gasteiger partial charge in [-0.05, 0) is 36.0 Å². The average Bonchev–Trinajstić information content (AvgIpc) is 2.88. The Morgan fingerprint density at radius 2 is 2.17 bits per heavy atom. The third kappa shape index (κ3) is 1.54. The molecule has 2 heteroatoms. The second-order valence-corrected chi connectivity index (χ2v) is 4.14. The van der Waals surface area contributed by atoms with E-state index in [-0.39, 0.29) is 6.61 Å². The van der Waals surface area contributed by atoms with E-state index in [9.17, 15) is 0 Å². The largest absolute Gasteiger partial charge is 0.392 e. The van der Waals surface area contributed by atoms with E-state index in [0.717, 1.165) is 16.0 Å². The maximum Gasteiger partial charge on any atom is 0.0692 e. The topological polar surface area (TPSA) is 20.2 Å². The van der Waals surface area contributed by atoms with Crippen LogP contribution in [0.2, 0.25) is 0 Å². The molecule has 0 atom stereocenters. The molecule has 0 radical (unpaired) electrons. The highest BCUT2D eigenvalue weighted by Crippen LogP contribution is 2.40. The summed E-state index contributed by atoms with van der Waals surface area (Å²) in [4.78, 5) is 0. The summed E-state index contributed by atoms with van der Waals surface area (Å²) in [6, 6.07) is 6.27. The molecule has 1 aromatic rings. The Kier molecular flexibility index (Phi) is 2.20. The monoisotopic (exact) mass is 226 g/mol. The van der Waals surface area contributed by atoms with Gasteiger partial charge in [-0.15, -0.1) is 0 Å². The molecule has 0 bridgehead atoms. The second-order valence-electron chi connectivity index (χ2n) is 3.28. The summed E-state index contributed by atoms with van der Waals surface area (Å²) in [7, 11) is 0. The van der Waals surface area contributed by atoms with Gasteiger partial charge >= 0.3 is 0 Å². The number of hydrogen-bond donors (Lipinski definition) is 1. The molecule has 0 aromatic heterocycles. The Bertz CT molecular complexity index is 292. The normalized spacial score (nSPS) is 16.5. The molecule has 1 N–H and O–H groups in total. The van der Waals surface area contributed by atoms with Gasteiger partial charge in [0.05, 0.1) is 6.61 Å². The van der Waals surface area contributed by atoms with Crippen molar-refractivity contribution in [3.8, 4) is 0 Å². The van der Waals surface area contributed by atoms with Gasteiger partial charge in [-0.1, -0.05) is 28.1 Å². The SMILES string of the molecule is OCc1cc(C2CC2)ccc1Br. The molecule has 1 saturated carbocycles. The first-order valence-electron chi connectivity index (χ1n) is 4.20. The molecular weight excluding hydrogens is 216 g/mol. The summed E-state index contributed by atoms with van der Waals surface area (Å²) in [5.74, 6) is 0.767. The number of hydrogen-bond acceptors (Lipinski definition) is 1. The summed E-state index contributed by atoms with van der Waals surface area (Å²) in [5, 5.41) is 9.02. The van der Waals surface area contributed by atoms with Crippen LogP contribution in [0, 0.1) is 0 Å². The summed E-state index contributed by atoms with van der Waals surface area (Å²) in [6.45, 7) is 0.126. The Morgan fingerprint density at radius 3 is 2.75 bits per heavy atom. The van der Waals surface area contributed by atoms with Crippen molar-refractivity contribution in [1.29, 1.82) is 0 Å². The number of aliphatic hydroxyl groups is 1. The molecule has 0 amide bonds. The van der Waals surface area contributed by atoms with E-state index in [0.29, 0.717) is 0 Å². The first-order valence-corrected chi connectivity index (χ1v) is 4.99. The maximum atomic E-state index is 9.02. The number of rotatable bonds is 2. The van der Waals surface area contributed by atoms with Gasteiger partial charge in [0.15, 0.2) is 0 Å². The third-order valence-electron chi connectivity index (χ3n) is 2.29. The van der Waals surface area contributed by atoms with E-state index in [1.165, 1.54) is 18.4 Å². The first-order chi connectivity index (χ1) is 5.81. The van der Waals surface area contributed by atoms with Crippen molar-refractivity contribution in [2.24, 2.45) is 0 Å². The lowest BCUT2D eigenvalue weighted by Gasteiger charge is -2.03. The van der Waals surface area contributed by atoms with Crippen molar-refractivity contribution in [1.82, 2.24) is 0 Å². The Balaban J connectivity index is 2.33. The molecule has 12 heavy (non-hydrogen) atoms. The van der Waals surface area contributed by atoms with Crippen molar-refractivity contribution in [3.63, 3.8) is 0 Å². The number of halogens is 1. The Labute approximate surface area is 80.5 Å². The minimum absolute atomic E-state index is 0.126. The summed E-state index contributed by atoms with van der Waals surface area (Å²) >= 11 is 3.40. The van der Waals surface area contributed by atoms with Gasteiger partial charge < -0.3 is 5.11 Å². The van der Waals surface area contributed by atoms with Crippen LogP contribution in [0.15, 0.2) is 22.7 Å². The molecule has 0 saturated heterocycles. The quantitative estimate of drug-likeness (QED) is 0.823. The molecule has 0 spiro atoms. The van der Waals surface area contributed by atoms with Crippen LogP contribution in [0.1, 0.15) is 29.9 Å². The van der Waals surface area contributed by atoms with E-state index in [1.807, 2.05) is 6.07 Å². The third-order valence-corrected chi connectivity index (χ3v) is 3.06. The molecule has 64 valence electrons. The highest BCUT2D eigenvalue weighted by molar-refractivity contribution is 9.10. The minimum atomic E-state index is 0.126. The molecule has 1 aliphatic rings. The summed E-state index contributed by atoms with van der Waals surface area (Å²) < 4.78 is 1.01. The van der Waals surface area contributed by atoms with Crippen LogP contribution < -0.4 is 0 Å². The van der Waals surface area contributed by atoms with Crippen molar-refractivity contribution in [3.05, 3.63) is 33.8 Å². The van der Waals surface area contributed by atoms with E-state index in [2.05, 4.69) is 28.1 Å². The number of benzene rings is 1. The molecule has 2 rings (SSSR count). The van der Waals surface area contributed by atoms with Crippen molar-refractivity contribution < 1.29 is 5.11 Å². The van der Waals surface area contributed by atoms with Crippen LogP contribution >= 0.6 is 15.9 Å². The zero-order valence-electron chi connectivity index (χ0n) is 6.76. The van der Waals surface area contributed by atoms with Crippen molar-refractivity contribution in [2.45, 2.75) is 25.4 Å². The van der Waals surface area contributed by atoms with E-state index in [4.69, 9.17) is 5.11 Å².